The highest BCUT2D eigenvalue weighted by Crippen LogP contribution is 2.27. The number of imidazole rings is 1. The number of anilines is 1. The minimum atomic E-state index is -0.823. The summed E-state index contributed by atoms with van der Waals surface area (Å²) in [4.78, 5) is 21.0. The molecule has 2 heterocycles. The van der Waals surface area contributed by atoms with Crippen LogP contribution < -0.4 is 5.32 Å². The number of carbonyl (C=O) groups is 1. The van der Waals surface area contributed by atoms with Gasteiger partial charge in [0.15, 0.2) is 0 Å². The number of halogens is 2. The van der Waals surface area contributed by atoms with Gasteiger partial charge in [0.05, 0.1) is 12.0 Å². The molecule has 1 N–H and O–H groups in total. The maximum Gasteiger partial charge on any atom is 0.244 e. The first-order chi connectivity index (χ1) is 13.6. The van der Waals surface area contributed by atoms with Gasteiger partial charge < -0.3 is 9.88 Å². The standard InChI is InChI=1S/C20H14F2N4OS/c21-14-7-4-8-15(22)19(14)25-18(27)10-26-9-16(23-12-26)20-24-17(11-28-20)13-5-2-1-3-6-13/h1-9,11-12H,10H2,(H,25,27). The number of carbonyl (C=O) groups excluding carboxylic acids is 1. The van der Waals surface area contributed by atoms with E-state index in [2.05, 4.69) is 15.3 Å². The van der Waals surface area contributed by atoms with Gasteiger partial charge in [0, 0.05) is 17.1 Å². The lowest BCUT2D eigenvalue weighted by Crippen LogP contribution is -2.19. The number of para-hydroxylation sites is 1. The van der Waals surface area contributed by atoms with Crippen LogP contribution in [0, 0.1) is 11.6 Å². The molecule has 2 aromatic carbocycles. The number of benzene rings is 2. The van der Waals surface area contributed by atoms with Crippen LogP contribution in [0.2, 0.25) is 0 Å². The van der Waals surface area contributed by atoms with Crippen molar-refractivity contribution < 1.29 is 13.6 Å². The van der Waals surface area contributed by atoms with Crippen molar-refractivity contribution in [1.29, 1.82) is 0 Å². The van der Waals surface area contributed by atoms with Gasteiger partial charge in [0.2, 0.25) is 5.91 Å². The van der Waals surface area contributed by atoms with E-state index in [9.17, 15) is 13.6 Å². The highest BCUT2D eigenvalue weighted by Gasteiger charge is 2.14. The highest BCUT2D eigenvalue weighted by molar-refractivity contribution is 7.13. The number of rotatable bonds is 5. The number of hydrogen-bond acceptors (Lipinski definition) is 4. The van der Waals surface area contributed by atoms with Gasteiger partial charge in [-0.05, 0) is 12.1 Å². The lowest BCUT2D eigenvalue weighted by molar-refractivity contribution is -0.116. The Morgan fingerprint density at radius 3 is 2.54 bits per heavy atom. The van der Waals surface area contributed by atoms with Crippen molar-refractivity contribution in [3.8, 4) is 22.0 Å². The van der Waals surface area contributed by atoms with Crippen LogP contribution in [0.3, 0.4) is 0 Å². The molecule has 28 heavy (non-hydrogen) atoms. The number of nitrogens with zero attached hydrogens (tertiary/aromatic N) is 3. The van der Waals surface area contributed by atoms with E-state index in [0.29, 0.717) is 5.69 Å². The molecular formula is C20H14F2N4OS. The summed E-state index contributed by atoms with van der Waals surface area (Å²) in [5.74, 6) is -2.20. The second kappa shape index (κ2) is 7.69. The lowest BCUT2D eigenvalue weighted by atomic mass is 10.2. The third kappa shape index (κ3) is 3.81. The quantitative estimate of drug-likeness (QED) is 0.537. The van der Waals surface area contributed by atoms with Crippen molar-refractivity contribution in [3.63, 3.8) is 0 Å². The number of nitrogens with one attached hydrogen (secondary N) is 1. The monoisotopic (exact) mass is 396 g/mol. The van der Waals surface area contributed by atoms with Crippen molar-refractivity contribution in [1.82, 2.24) is 14.5 Å². The Kier molecular flexibility index (Phi) is 4.94. The second-order valence-electron chi connectivity index (χ2n) is 5.98. The average Bonchev–Trinajstić information content (AvgIpc) is 3.35. The van der Waals surface area contributed by atoms with Crippen molar-refractivity contribution in [2.45, 2.75) is 6.54 Å². The Bertz CT molecular complexity index is 1100. The smallest absolute Gasteiger partial charge is 0.244 e. The minimum absolute atomic E-state index is 0.127. The van der Waals surface area contributed by atoms with Crippen LogP contribution in [0.5, 0.6) is 0 Å². The first-order valence-electron chi connectivity index (χ1n) is 8.37. The van der Waals surface area contributed by atoms with E-state index in [1.54, 1.807) is 6.20 Å². The SMILES string of the molecule is O=C(Cn1cnc(-c2nc(-c3ccccc3)cs2)c1)Nc1c(F)cccc1F. The highest BCUT2D eigenvalue weighted by atomic mass is 32.1. The van der Waals surface area contributed by atoms with Crippen molar-refractivity contribution >= 4 is 22.9 Å². The fourth-order valence-corrected chi connectivity index (χ4v) is 3.44. The normalized spacial score (nSPS) is 10.8. The lowest BCUT2D eigenvalue weighted by Gasteiger charge is -2.07. The van der Waals surface area contributed by atoms with Gasteiger partial charge in [-0.15, -0.1) is 11.3 Å². The molecule has 4 aromatic rings. The molecule has 0 aliphatic carbocycles. The number of aromatic nitrogens is 3. The van der Waals surface area contributed by atoms with Crippen molar-refractivity contribution in [2.24, 2.45) is 0 Å². The molecule has 140 valence electrons. The number of hydrogen-bond donors (Lipinski definition) is 1. The first kappa shape index (κ1) is 18.0. The topological polar surface area (TPSA) is 59.8 Å². The Labute approximate surface area is 163 Å². The fourth-order valence-electron chi connectivity index (χ4n) is 2.65. The van der Waals surface area contributed by atoms with E-state index >= 15 is 0 Å². The molecule has 0 unspecified atom stereocenters. The van der Waals surface area contributed by atoms with Gasteiger partial charge >= 0.3 is 0 Å². The van der Waals surface area contributed by atoms with E-state index in [1.807, 2.05) is 35.7 Å². The predicted octanol–water partition coefficient (Wildman–Crippen LogP) is 4.59. The first-order valence-corrected chi connectivity index (χ1v) is 9.25. The van der Waals surface area contributed by atoms with Crippen LogP contribution >= 0.6 is 11.3 Å². The maximum atomic E-state index is 13.6. The molecule has 0 bridgehead atoms. The minimum Gasteiger partial charge on any atom is -0.327 e. The summed E-state index contributed by atoms with van der Waals surface area (Å²) in [7, 11) is 0. The number of thiazole rings is 1. The van der Waals surface area contributed by atoms with Crippen LogP contribution in [-0.2, 0) is 11.3 Å². The summed E-state index contributed by atoms with van der Waals surface area (Å²) in [5, 5.41) is 4.91. The third-order valence-electron chi connectivity index (χ3n) is 3.98. The summed E-state index contributed by atoms with van der Waals surface area (Å²) in [6.07, 6.45) is 3.15. The third-order valence-corrected chi connectivity index (χ3v) is 4.84. The van der Waals surface area contributed by atoms with Crippen LogP contribution in [0.15, 0.2) is 66.4 Å². The number of amides is 1. The molecule has 1 amide bonds. The summed E-state index contributed by atoms with van der Waals surface area (Å²) in [6.45, 7) is -0.127. The van der Waals surface area contributed by atoms with Crippen molar-refractivity contribution in [3.05, 3.63) is 78.1 Å². The van der Waals surface area contributed by atoms with E-state index in [-0.39, 0.29) is 6.54 Å². The molecule has 2 aromatic heterocycles. The largest absolute Gasteiger partial charge is 0.327 e. The van der Waals surface area contributed by atoms with Gasteiger partial charge in [-0.1, -0.05) is 36.4 Å². The average molecular weight is 396 g/mol. The van der Waals surface area contributed by atoms with E-state index in [4.69, 9.17) is 0 Å². The molecule has 5 nitrogen and oxygen atoms in total. The maximum absolute atomic E-state index is 13.6. The molecule has 8 heteroatoms. The molecule has 0 radical (unpaired) electrons. The molecule has 4 rings (SSSR count). The Balaban J connectivity index is 1.46. The zero-order valence-corrected chi connectivity index (χ0v) is 15.3. The van der Waals surface area contributed by atoms with Crippen LogP contribution in [0.4, 0.5) is 14.5 Å². The molecule has 0 fully saturated rings. The fraction of sp³-hybridized carbons (Fsp3) is 0.0500. The predicted molar refractivity (Wildman–Crippen MR) is 104 cm³/mol. The summed E-state index contributed by atoms with van der Waals surface area (Å²) in [5.41, 5.74) is 2.02. The molecule has 0 spiro atoms. The van der Waals surface area contributed by atoms with E-state index in [0.717, 1.165) is 28.4 Å². The van der Waals surface area contributed by atoms with Crippen LogP contribution in [-0.4, -0.2) is 20.4 Å². The van der Waals surface area contributed by atoms with Gasteiger partial charge in [-0.2, -0.15) is 0 Å². The Hall–Kier alpha value is -3.39. The molecular weight excluding hydrogens is 382 g/mol. The van der Waals surface area contributed by atoms with E-state index < -0.39 is 23.2 Å². The van der Waals surface area contributed by atoms with Crippen LogP contribution in [0.1, 0.15) is 0 Å². The summed E-state index contributed by atoms with van der Waals surface area (Å²) in [6, 6.07) is 13.2. The van der Waals surface area contributed by atoms with Crippen LogP contribution in [0.25, 0.3) is 22.0 Å². The van der Waals surface area contributed by atoms with Crippen molar-refractivity contribution in [2.75, 3.05) is 5.32 Å². The Morgan fingerprint density at radius 2 is 1.79 bits per heavy atom. The zero-order chi connectivity index (χ0) is 19.5. The molecule has 0 saturated carbocycles. The second-order valence-corrected chi connectivity index (χ2v) is 6.84. The van der Waals surface area contributed by atoms with Gasteiger partial charge in [-0.3, -0.25) is 4.79 Å². The summed E-state index contributed by atoms with van der Waals surface area (Å²) < 4.78 is 28.8. The molecule has 0 aliphatic heterocycles. The molecule has 0 aliphatic rings. The van der Waals surface area contributed by atoms with Gasteiger partial charge in [0.1, 0.15) is 34.6 Å². The zero-order valence-electron chi connectivity index (χ0n) is 14.5. The van der Waals surface area contributed by atoms with Gasteiger partial charge in [-0.25, -0.2) is 18.7 Å². The van der Waals surface area contributed by atoms with E-state index in [1.165, 1.54) is 28.3 Å². The Morgan fingerprint density at radius 1 is 1.04 bits per heavy atom. The summed E-state index contributed by atoms with van der Waals surface area (Å²) >= 11 is 1.45. The molecule has 0 saturated heterocycles. The van der Waals surface area contributed by atoms with Gasteiger partial charge in [0.25, 0.3) is 0 Å². The molecule has 0 atom stereocenters.